The van der Waals surface area contributed by atoms with Crippen molar-refractivity contribution in [3.8, 4) is 0 Å². The van der Waals surface area contributed by atoms with E-state index in [1.165, 1.54) is 21.9 Å². The average molecular weight is 567 g/mol. The molecule has 1 aromatic heterocycles. The van der Waals surface area contributed by atoms with Gasteiger partial charge in [0.15, 0.2) is 0 Å². The molecule has 13 heteroatoms. The molecule has 1 aliphatic heterocycles. The summed E-state index contributed by atoms with van der Waals surface area (Å²) in [4.78, 5) is 37.6. The lowest BCUT2D eigenvalue weighted by atomic mass is 10.1. The first-order valence-corrected chi connectivity index (χ1v) is 12.5. The maximum atomic E-state index is 13.5. The molecule has 1 aliphatic rings. The van der Waals surface area contributed by atoms with Crippen molar-refractivity contribution < 1.29 is 22.8 Å². The molecule has 2 heterocycles. The summed E-state index contributed by atoms with van der Waals surface area (Å²) in [5.74, 6) is 0.525. The van der Waals surface area contributed by atoms with Crippen LogP contribution in [0.25, 0.3) is 0 Å². The third-order valence-electron chi connectivity index (χ3n) is 6.43. The van der Waals surface area contributed by atoms with Gasteiger partial charge in [0, 0.05) is 31.4 Å². The second kappa shape index (κ2) is 11.3. The molecule has 0 fully saturated rings. The second-order valence-corrected chi connectivity index (χ2v) is 9.58. The van der Waals surface area contributed by atoms with E-state index in [4.69, 9.17) is 0 Å². The Bertz CT molecular complexity index is 1590. The van der Waals surface area contributed by atoms with E-state index in [2.05, 4.69) is 32.4 Å². The number of aromatic nitrogens is 2. The summed E-state index contributed by atoms with van der Waals surface area (Å²) in [6.07, 6.45) is -4.57. The first kappa shape index (κ1) is 29.1. The van der Waals surface area contributed by atoms with Crippen molar-refractivity contribution in [2.75, 3.05) is 29.1 Å². The lowest BCUT2D eigenvalue weighted by Crippen LogP contribution is -2.46. The zero-order valence-electron chi connectivity index (χ0n) is 23.2. The second-order valence-electron chi connectivity index (χ2n) is 9.58. The Morgan fingerprint density at radius 1 is 1.05 bits per heavy atom. The summed E-state index contributed by atoms with van der Waals surface area (Å²) in [7, 11) is 3.35. The van der Waals surface area contributed by atoms with Gasteiger partial charge >= 0.3 is 12.2 Å². The van der Waals surface area contributed by atoms with Gasteiger partial charge in [0.2, 0.25) is 5.96 Å². The van der Waals surface area contributed by atoms with Gasteiger partial charge in [0.05, 0.1) is 23.5 Å². The summed E-state index contributed by atoms with van der Waals surface area (Å²) in [6, 6.07) is 10.6. The molecule has 0 aliphatic carbocycles. The van der Waals surface area contributed by atoms with Crippen molar-refractivity contribution in [3.63, 3.8) is 0 Å². The predicted octanol–water partition coefficient (Wildman–Crippen LogP) is 5.58. The standard InChI is InChI=1S/C28H29F3N8O2/c1-16-10-11-21(33-25(40)19-8-7-9-20(13-19)28(29,30)31)14-22(16)39-15-17(2)24(37(5)27(39)41)35-26(32-4)34-23-12-18(3)36-38(23)6/h7-14H,4,15H2,1-3,5-6H3,(H,33,40)(H,34,35). The minimum atomic E-state index is -4.57. The van der Waals surface area contributed by atoms with E-state index in [1.54, 1.807) is 37.0 Å². The number of rotatable bonds is 5. The number of guanidine groups is 1. The van der Waals surface area contributed by atoms with E-state index in [0.717, 1.165) is 29.0 Å². The van der Waals surface area contributed by atoms with Crippen LogP contribution in [0.15, 0.2) is 69.9 Å². The Morgan fingerprint density at radius 3 is 2.41 bits per heavy atom. The SMILES string of the molecule is C=NC(=NC1=C(C)CN(c2cc(NC(=O)c3cccc(C(F)(F)F)c3)ccc2C)C(=O)N1C)Nc1cc(C)nn1C. The zero-order chi connectivity index (χ0) is 30.1. The monoisotopic (exact) mass is 566 g/mol. The highest BCUT2D eigenvalue weighted by molar-refractivity contribution is 6.05. The quantitative estimate of drug-likeness (QED) is 0.311. The van der Waals surface area contributed by atoms with Crippen LogP contribution in [0, 0.1) is 13.8 Å². The molecule has 3 aromatic rings. The molecule has 4 rings (SSSR count). The molecule has 0 saturated carbocycles. The molecule has 41 heavy (non-hydrogen) atoms. The fourth-order valence-electron chi connectivity index (χ4n) is 4.36. The van der Waals surface area contributed by atoms with E-state index in [1.807, 2.05) is 26.8 Å². The number of anilines is 3. The number of urea groups is 1. The van der Waals surface area contributed by atoms with E-state index in [0.29, 0.717) is 23.0 Å². The summed E-state index contributed by atoms with van der Waals surface area (Å²) in [6.45, 7) is 9.27. The molecular weight excluding hydrogens is 537 g/mol. The summed E-state index contributed by atoms with van der Waals surface area (Å²) >= 11 is 0. The predicted molar refractivity (Wildman–Crippen MR) is 152 cm³/mol. The van der Waals surface area contributed by atoms with Gasteiger partial charge in [-0.15, -0.1) is 0 Å². The van der Waals surface area contributed by atoms with Gasteiger partial charge in [-0.3, -0.25) is 19.3 Å². The maximum Gasteiger partial charge on any atom is 0.416 e. The summed E-state index contributed by atoms with van der Waals surface area (Å²) < 4.78 is 40.9. The van der Waals surface area contributed by atoms with Crippen molar-refractivity contribution in [2.24, 2.45) is 17.0 Å². The Morgan fingerprint density at radius 2 is 1.78 bits per heavy atom. The number of carbonyl (C=O) groups is 2. The van der Waals surface area contributed by atoms with Crippen LogP contribution >= 0.6 is 0 Å². The number of aryl methyl sites for hydroxylation is 3. The fourth-order valence-corrected chi connectivity index (χ4v) is 4.36. The van der Waals surface area contributed by atoms with Crippen molar-refractivity contribution in [3.05, 3.63) is 82.3 Å². The molecule has 0 atom stereocenters. The maximum absolute atomic E-state index is 13.5. The molecule has 0 saturated heterocycles. The van der Waals surface area contributed by atoms with Gasteiger partial charge in [-0.2, -0.15) is 23.3 Å². The highest BCUT2D eigenvalue weighted by Crippen LogP contribution is 2.32. The summed E-state index contributed by atoms with van der Waals surface area (Å²) in [5.41, 5.74) is 2.10. The number of alkyl halides is 3. The topological polar surface area (TPSA) is 107 Å². The van der Waals surface area contributed by atoms with Crippen molar-refractivity contribution >= 4 is 41.8 Å². The van der Waals surface area contributed by atoms with Crippen molar-refractivity contribution in [1.29, 1.82) is 0 Å². The van der Waals surface area contributed by atoms with Crippen LogP contribution in [0.4, 0.5) is 35.2 Å². The highest BCUT2D eigenvalue weighted by Gasteiger charge is 2.32. The number of nitrogens with zero attached hydrogens (tertiary/aromatic N) is 6. The molecule has 0 spiro atoms. The molecule has 2 N–H and O–H groups in total. The molecule has 214 valence electrons. The number of hydrogen-bond acceptors (Lipinski definition) is 4. The van der Waals surface area contributed by atoms with Crippen LogP contribution in [-0.2, 0) is 13.2 Å². The average Bonchev–Trinajstić information content (AvgIpc) is 3.24. The highest BCUT2D eigenvalue weighted by atomic mass is 19.4. The minimum absolute atomic E-state index is 0.140. The van der Waals surface area contributed by atoms with Crippen molar-refractivity contribution in [1.82, 2.24) is 14.7 Å². The van der Waals surface area contributed by atoms with E-state index < -0.39 is 17.6 Å². The molecule has 0 radical (unpaired) electrons. The number of benzene rings is 2. The Balaban J connectivity index is 1.58. The number of hydrogen-bond donors (Lipinski definition) is 2. The first-order chi connectivity index (χ1) is 19.3. The van der Waals surface area contributed by atoms with Crippen LogP contribution < -0.4 is 15.5 Å². The van der Waals surface area contributed by atoms with Gasteiger partial charge in [-0.05, 0) is 69.0 Å². The molecule has 0 bridgehead atoms. The molecule has 0 unspecified atom stereocenters. The first-order valence-electron chi connectivity index (χ1n) is 12.5. The number of nitrogens with one attached hydrogen (secondary N) is 2. The normalized spacial score (nSPS) is 14.4. The summed E-state index contributed by atoms with van der Waals surface area (Å²) in [5, 5.41) is 9.96. The lowest BCUT2D eigenvalue weighted by molar-refractivity contribution is -0.137. The van der Waals surface area contributed by atoms with Crippen LogP contribution in [0.3, 0.4) is 0 Å². The van der Waals surface area contributed by atoms with Crippen LogP contribution in [0.5, 0.6) is 0 Å². The van der Waals surface area contributed by atoms with Crippen molar-refractivity contribution in [2.45, 2.75) is 26.9 Å². The largest absolute Gasteiger partial charge is 0.416 e. The molecule has 3 amide bonds. The van der Waals surface area contributed by atoms with E-state index >= 15 is 0 Å². The van der Waals surface area contributed by atoms with E-state index in [-0.39, 0.29) is 24.1 Å². The number of amides is 3. The van der Waals surface area contributed by atoms with Gasteiger partial charge in [-0.1, -0.05) is 12.1 Å². The number of aliphatic imine (C=N–C) groups is 2. The Kier molecular flexibility index (Phi) is 7.99. The Labute approximate surface area is 234 Å². The van der Waals surface area contributed by atoms with Crippen LogP contribution in [0.1, 0.15) is 34.1 Å². The van der Waals surface area contributed by atoms with Gasteiger partial charge in [0.1, 0.15) is 11.6 Å². The van der Waals surface area contributed by atoms with E-state index in [9.17, 15) is 22.8 Å². The Hall–Kier alpha value is -4.94. The third-order valence-corrected chi connectivity index (χ3v) is 6.43. The van der Waals surface area contributed by atoms with Crippen LogP contribution in [-0.4, -0.2) is 52.9 Å². The smallest absolute Gasteiger partial charge is 0.322 e. The lowest BCUT2D eigenvalue weighted by Gasteiger charge is -2.35. The molecule has 10 nitrogen and oxygen atoms in total. The van der Waals surface area contributed by atoms with Gasteiger partial charge in [-0.25, -0.2) is 9.79 Å². The van der Waals surface area contributed by atoms with Gasteiger partial charge < -0.3 is 10.6 Å². The van der Waals surface area contributed by atoms with Gasteiger partial charge in [0.25, 0.3) is 5.91 Å². The number of carbonyl (C=O) groups excluding carboxylic acids is 2. The molecular formula is C28H29F3N8O2. The minimum Gasteiger partial charge on any atom is -0.322 e. The fraction of sp³-hybridized carbons (Fsp3) is 0.250. The van der Waals surface area contributed by atoms with Crippen LogP contribution in [0.2, 0.25) is 0 Å². The zero-order valence-corrected chi connectivity index (χ0v) is 23.2. The molecule has 2 aromatic carbocycles. The third kappa shape index (κ3) is 6.29. The number of halogens is 3.